The third-order valence-corrected chi connectivity index (χ3v) is 7.38. The molecule has 0 aliphatic carbocycles. The van der Waals surface area contributed by atoms with E-state index in [1.807, 2.05) is 48.2 Å². The summed E-state index contributed by atoms with van der Waals surface area (Å²) in [5.74, 6) is -0.742. The molecule has 2 aromatic carbocycles. The number of rotatable bonds is 5. The Morgan fingerprint density at radius 3 is 2.77 bits per heavy atom. The highest BCUT2D eigenvalue weighted by molar-refractivity contribution is 7.91. The lowest BCUT2D eigenvalue weighted by atomic mass is 10.1. The molecule has 1 aliphatic heterocycles. The molecule has 8 heteroatoms. The molecule has 1 aliphatic rings. The summed E-state index contributed by atoms with van der Waals surface area (Å²) >= 11 is 0. The number of nitrogens with zero attached hydrogens (tertiary/aromatic N) is 2. The quantitative estimate of drug-likeness (QED) is 0.628. The topological polar surface area (TPSA) is 99.6 Å². The minimum absolute atomic E-state index is 0.0104. The number of pyridine rings is 1. The van der Waals surface area contributed by atoms with Crippen molar-refractivity contribution in [3.05, 3.63) is 59.7 Å². The molecule has 0 spiro atoms. The Bertz CT molecular complexity index is 1260. The third-order valence-electron chi connectivity index (χ3n) is 5.59. The molecule has 1 atom stereocenters. The van der Waals surface area contributed by atoms with Crippen LogP contribution in [0.1, 0.15) is 18.1 Å². The summed E-state index contributed by atoms with van der Waals surface area (Å²) in [6.07, 6.45) is 0. The molecule has 2 N–H and O–H groups in total. The molecule has 0 amide bonds. The van der Waals surface area contributed by atoms with E-state index in [1.54, 1.807) is 19.1 Å². The van der Waals surface area contributed by atoms with Crippen LogP contribution in [0.3, 0.4) is 0 Å². The van der Waals surface area contributed by atoms with Crippen LogP contribution in [0.15, 0.2) is 53.4 Å². The maximum absolute atomic E-state index is 12.7. The normalized spacial score (nSPS) is 16.4. The molecule has 4 rings (SSSR count). The number of anilines is 2. The van der Waals surface area contributed by atoms with Crippen LogP contribution in [0.2, 0.25) is 0 Å². The van der Waals surface area contributed by atoms with Gasteiger partial charge in [0.2, 0.25) is 0 Å². The van der Waals surface area contributed by atoms with Crippen LogP contribution < -0.4 is 10.2 Å². The first-order valence-corrected chi connectivity index (χ1v) is 11.8. The van der Waals surface area contributed by atoms with Crippen molar-refractivity contribution in [2.45, 2.75) is 25.3 Å². The lowest BCUT2D eigenvalue weighted by Crippen LogP contribution is -2.27. The van der Waals surface area contributed by atoms with Crippen molar-refractivity contribution in [3.63, 3.8) is 0 Å². The molecule has 2 heterocycles. The SMILES string of the molecule is Cc1ccc2nc(N3CCS(=O)(=O)c4ccccc4C3)cc(NCC(C)C(=O)O)c2c1. The molecule has 162 valence electrons. The van der Waals surface area contributed by atoms with E-state index in [0.717, 1.165) is 27.7 Å². The van der Waals surface area contributed by atoms with Crippen molar-refractivity contribution in [2.75, 3.05) is 29.1 Å². The lowest BCUT2D eigenvalue weighted by Gasteiger charge is -2.23. The zero-order valence-corrected chi connectivity index (χ0v) is 18.3. The van der Waals surface area contributed by atoms with E-state index in [0.29, 0.717) is 23.8 Å². The van der Waals surface area contributed by atoms with Crippen molar-refractivity contribution < 1.29 is 18.3 Å². The molecule has 0 bridgehead atoms. The highest BCUT2D eigenvalue weighted by atomic mass is 32.2. The van der Waals surface area contributed by atoms with Crippen molar-refractivity contribution >= 4 is 38.2 Å². The fourth-order valence-electron chi connectivity index (χ4n) is 3.74. The van der Waals surface area contributed by atoms with Gasteiger partial charge in [0.15, 0.2) is 9.84 Å². The van der Waals surface area contributed by atoms with Crippen LogP contribution in [-0.2, 0) is 21.2 Å². The second-order valence-corrected chi connectivity index (χ2v) is 10.1. The molecule has 0 saturated heterocycles. The molecule has 1 aromatic heterocycles. The zero-order chi connectivity index (χ0) is 22.2. The van der Waals surface area contributed by atoms with E-state index in [2.05, 4.69) is 5.32 Å². The van der Waals surface area contributed by atoms with Gasteiger partial charge < -0.3 is 15.3 Å². The number of carbonyl (C=O) groups is 1. The molecular weight excluding hydrogens is 414 g/mol. The van der Waals surface area contributed by atoms with Crippen LogP contribution in [0.25, 0.3) is 10.9 Å². The average Bonchev–Trinajstić information content (AvgIpc) is 2.87. The summed E-state index contributed by atoms with van der Waals surface area (Å²) in [6.45, 7) is 4.69. The van der Waals surface area contributed by atoms with Gasteiger partial charge in [0.25, 0.3) is 0 Å². The Balaban J connectivity index is 1.76. The Kier molecular flexibility index (Phi) is 5.58. The molecule has 7 nitrogen and oxygen atoms in total. The zero-order valence-electron chi connectivity index (χ0n) is 17.5. The van der Waals surface area contributed by atoms with Crippen molar-refractivity contribution in [3.8, 4) is 0 Å². The maximum Gasteiger partial charge on any atom is 0.308 e. The van der Waals surface area contributed by atoms with Crippen LogP contribution in [0, 0.1) is 12.8 Å². The summed E-state index contributed by atoms with van der Waals surface area (Å²) in [5.41, 5.74) is 3.39. The number of hydrogen-bond acceptors (Lipinski definition) is 6. The van der Waals surface area contributed by atoms with Crippen molar-refractivity contribution in [1.29, 1.82) is 0 Å². The molecule has 0 saturated carbocycles. The fourth-order valence-corrected chi connectivity index (χ4v) is 5.24. The summed E-state index contributed by atoms with van der Waals surface area (Å²) < 4.78 is 25.4. The average molecular weight is 440 g/mol. The largest absolute Gasteiger partial charge is 0.481 e. The van der Waals surface area contributed by atoms with Gasteiger partial charge in [-0.15, -0.1) is 0 Å². The minimum atomic E-state index is -3.36. The number of nitrogens with one attached hydrogen (secondary N) is 1. The first-order valence-electron chi connectivity index (χ1n) is 10.2. The van der Waals surface area contributed by atoms with Gasteiger partial charge in [-0.1, -0.05) is 36.8 Å². The second kappa shape index (κ2) is 8.19. The summed E-state index contributed by atoms with van der Waals surface area (Å²) in [4.78, 5) is 18.4. The van der Waals surface area contributed by atoms with Crippen LogP contribution >= 0.6 is 0 Å². The van der Waals surface area contributed by atoms with E-state index in [-0.39, 0.29) is 12.3 Å². The van der Waals surface area contributed by atoms with E-state index in [1.165, 1.54) is 0 Å². The number of carboxylic acids is 1. The summed E-state index contributed by atoms with van der Waals surface area (Å²) in [7, 11) is -3.36. The maximum atomic E-state index is 12.7. The standard InChI is InChI=1S/C23H25N3O4S/c1-15-7-8-19-18(11-15)20(24-13-16(2)23(27)28)12-22(25-19)26-9-10-31(29,30)21-6-4-3-5-17(21)14-26/h3-8,11-12,16H,9-10,13-14H2,1-2H3,(H,24,25)(H,27,28). The number of benzene rings is 2. The predicted octanol–water partition coefficient (Wildman–Crippen LogP) is 3.47. The molecule has 0 fully saturated rings. The van der Waals surface area contributed by atoms with Crippen molar-refractivity contribution in [2.24, 2.45) is 5.92 Å². The fraction of sp³-hybridized carbons (Fsp3) is 0.304. The van der Waals surface area contributed by atoms with Gasteiger partial charge in [-0.05, 0) is 30.7 Å². The second-order valence-electron chi connectivity index (χ2n) is 8.02. The van der Waals surface area contributed by atoms with E-state index in [4.69, 9.17) is 4.98 Å². The predicted molar refractivity (Wildman–Crippen MR) is 121 cm³/mol. The van der Waals surface area contributed by atoms with Gasteiger partial charge in [0.1, 0.15) is 5.82 Å². The van der Waals surface area contributed by atoms with Gasteiger partial charge in [-0.2, -0.15) is 0 Å². The lowest BCUT2D eigenvalue weighted by molar-refractivity contribution is -0.140. The molecule has 31 heavy (non-hydrogen) atoms. The number of aliphatic carboxylic acids is 1. The molecule has 1 unspecified atom stereocenters. The van der Waals surface area contributed by atoms with E-state index >= 15 is 0 Å². The molecule has 3 aromatic rings. The van der Waals surface area contributed by atoms with Gasteiger partial charge in [-0.3, -0.25) is 4.79 Å². The Morgan fingerprint density at radius 1 is 1.23 bits per heavy atom. The highest BCUT2D eigenvalue weighted by Gasteiger charge is 2.26. The first kappa shape index (κ1) is 21.1. The summed E-state index contributed by atoms with van der Waals surface area (Å²) in [5, 5.41) is 13.4. The smallest absolute Gasteiger partial charge is 0.308 e. The van der Waals surface area contributed by atoms with Crippen LogP contribution in [0.5, 0.6) is 0 Å². The Hall–Kier alpha value is -3.13. The monoisotopic (exact) mass is 439 g/mol. The van der Waals surface area contributed by atoms with Gasteiger partial charge >= 0.3 is 5.97 Å². The van der Waals surface area contributed by atoms with Crippen molar-refractivity contribution in [1.82, 2.24) is 4.98 Å². The number of aryl methyl sites for hydroxylation is 1. The van der Waals surface area contributed by atoms with Gasteiger partial charge in [0, 0.05) is 36.8 Å². The number of carboxylic acid groups (broad SMARTS) is 1. The van der Waals surface area contributed by atoms with Crippen LogP contribution in [-0.4, -0.2) is 43.3 Å². The Labute approximate surface area is 181 Å². The minimum Gasteiger partial charge on any atom is -0.481 e. The number of fused-ring (bicyclic) bond motifs is 2. The Morgan fingerprint density at radius 2 is 2.00 bits per heavy atom. The summed E-state index contributed by atoms with van der Waals surface area (Å²) in [6, 6.07) is 14.9. The third kappa shape index (κ3) is 4.34. The van der Waals surface area contributed by atoms with Gasteiger partial charge in [0.05, 0.1) is 22.1 Å². The first-order chi connectivity index (χ1) is 14.7. The number of sulfone groups is 1. The number of aromatic nitrogens is 1. The van der Waals surface area contributed by atoms with E-state index < -0.39 is 21.7 Å². The highest BCUT2D eigenvalue weighted by Crippen LogP contribution is 2.31. The van der Waals surface area contributed by atoms with Gasteiger partial charge in [-0.25, -0.2) is 13.4 Å². The molecule has 0 radical (unpaired) electrons. The van der Waals surface area contributed by atoms with E-state index in [9.17, 15) is 18.3 Å². The number of hydrogen-bond donors (Lipinski definition) is 2. The molecular formula is C23H25N3O4S. The van der Waals surface area contributed by atoms with Crippen LogP contribution in [0.4, 0.5) is 11.5 Å².